The van der Waals surface area contributed by atoms with Crippen molar-refractivity contribution in [2.24, 2.45) is 11.7 Å². The van der Waals surface area contributed by atoms with Crippen LogP contribution in [0.15, 0.2) is 0 Å². The fraction of sp³-hybridized carbons (Fsp3) is 0.875. The van der Waals surface area contributed by atoms with Crippen molar-refractivity contribution in [2.75, 3.05) is 13.6 Å². The Hall–Kier alpha value is -0.620. The van der Waals surface area contributed by atoms with Crippen LogP contribution in [0.4, 0.5) is 0 Å². The molecule has 6 heteroatoms. The highest BCUT2D eigenvalue weighted by Gasteiger charge is 2.38. The van der Waals surface area contributed by atoms with Gasteiger partial charge in [0, 0.05) is 19.5 Å². The highest BCUT2D eigenvalue weighted by atomic mass is 32.2. The lowest BCUT2D eigenvalue weighted by molar-refractivity contribution is 0.442. The summed E-state index contributed by atoms with van der Waals surface area (Å²) in [5.41, 5.74) is 5.28. The van der Waals surface area contributed by atoms with E-state index in [9.17, 15) is 8.42 Å². The molecule has 0 aromatic carbocycles. The zero-order valence-electron chi connectivity index (χ0n) is 8.53. The Kier molecular flexibility index (Phi) is 3.16. The standard InChI is InChI=1S/C8H17N3O2S/c1-6(8(9)10)5-11(2)14(12,13)7-3-4-7/h6-7H,3-5H2,1-2H3,(H3,9,10). The maximum atomic E-state index is 11.7. The number of hydrogen-bond donors (Lipinski definition) is 2. The monoisotopic (exact) mass is 219 g/mol. The molecule has 0 aliphatic heterocycles. The molecule has 0 spiro atoms. The SMILES string of the molecule is CC(CN(C)S(=O)(=O)C1CC1)C(=N)N. The molecule has 0 aromatic rings. The molecule has 0 saturated heterocycles. The Balaban J connectivity index is 2.57. The largest absolute Gasteiger partial charge is 0.387 e. The molecule has 14 heavy (non-hydrogen) atoms. The van der Waals surface area contributed by atoms with E-state index in [0.29, 0.717) is 6.54 Å². The fourth-order valence-corrected chi connectivity index (χ4v) is 2.88. The predicted octanol–water partition coefficient (Wildman–Crippen LogP) is -0.0175. The van der Waals surface area contributed by atoms with Crippen LogP contribution in [0, 0.1) is 11.3 Å². The molecule has 1 rings (SSSR count). The Morgan fingerprint density at radius 2 is 2.14 bits per heavy atom. The lowest BCUT2D eigenvalue weighted by Gasteiger charge is -2.20. The number of rotatable bonds is 5. The number of hydrogen-bond acceptors (Lipinski definition) is 3. The van der Waals surface area contributed by atoms with E-state index in [0.717, 1.165) is 12.8 Å². The molecule has 82 valence electrons. The minimum Gasteiger partial charge on any atom is -0.387 e. The van der Waals surface area contributed by atoms with Gasteiger partial charge in [0.05, 0.1) is 11.1 Å². The highest BCUT2D eigenvalue weighted by molar-refractivity contribution is 7.90. The normalized spacial score (nSPS) is 19.6. The first-order valence-electron chi connectivity index (χ1n) is 4.64. The van der Waals surface area contributed by atoms with Crippen molar-refractivity contribution in [2.45, 2.75) is 25.0 Å². The van der Waals surface area contributed by atoms with Crippen molar-refractivity contribution >= 4 is 15.9 Å². The summed E-state index contributed by atoms with van der Waals surface area (Å²) in [6.45, 7) is 2.05. The minimum absolute atomic E-state index is 0.0304. The first-order chi connectivity index (χ1) is 6.35. The van der Waals surface area contributed by atoms with Crippen molar-refractivity contribution < 1.29 is 8.42 Å². The predicted molar refractivity (Wildman–Crippen MR) is 55.6 cm³/mol. The molecule has 0 amide bonds. The average Bonchev–Trinajstić information content (AvgIpc) is 2.85. The molecule has 1 saturated carbocycles. The Morgan fingerprint density at radius 1 is 1.64 bits per heavy atom. The van der Waals surface area contributed by atoms with E-state index < -0.39 is 10.0 Å². The maximum Gasteiger partial charge on any atom is 0.216 e. The molecule has 1 aliphatic carbocycles. The Morgan fingerprint density at radius 3 is 2.50 bits per heavy atom. The van der Waals surface area contributed by atoms with Crippen LogP contribution in [0.1, 0.15) is 19.8 Å². The topological polar surface area (TPSA) is 87.2 Å². The second-order valence-corrected chi connectivity index (χ2v) is 6.20. The smallest absolute Gasteiger partial charge is 0.216 e. The van der Waals surface area contributed by atoms with Gasteiger partial charge in [0.2, 0.25) is 10.0 Å². The second-order valence-electron chi connectivity index (χ2n) is 3.88. The van der Waals surface area contributed by atoms with Crippen molar-refractivity contribution in [3.05, 3.63) is 0 Å². The molecule has 1 fully saturated rings. The van der Waals surface area contributed by atoms with Gasteiger partial charge in [-0.3, -0.25) is 5.41 Å². The summed E-state index contributed by atoms with van der Waals surface area (Å²) in [4.78, 5) is 0. The van der Waals surface area contributed by atoms with Crippen LogP contribution in [0.3, 0.4) is 0 Å². The van der Waals surface area contributed by atoms with Gasteiger partial charge in [-0.1, -0.05) is 6.92 Å². The first kappa shape index (κ1) is 11.5. The van der Waals surface area contributed by atoms with Crippen molar-refractivity contribution in [3.63, 3.8) is 0 Å². The van der Waals surface area contributed by atoms with Gasteiger partial charge < -0.3 is 5.73 Å². The number of sulfonamides is 1. The van der Waals surface area contributed by atoms with E-state index in [1.54, 1.807) is 14.0 Å². The van der Waals surface area contributed by atoms with Gasteiger partial charge in [0.1, 0.15) is 0 Å². The summed E-state index contributed by atoms with van der Waals surface area (Å²) >= 11 is 0. The third-order valence-corrected chi connectivity index (χ3v) is 4.77. The fourth-order valence-electron chi connectivity index (χ4n) is 1.21. The summed E-state index contributed by atoms with van der Waals surface area (Å²) in [6.07, 6.45) is 1.53. The van der Waals surface area contributed by atoms with Gasteiger partial charge in [0.15, 0.2) is 0 Å². The van der Waals surface area contributed by atoms with Crippen LogP contribution in [-0.4, -0.2) is 37.4 Å². The highest BCUT2D eigenvalue weighted by Crippen LogP contribution is 2.30. The lowest BCUT2D eigenvalue weighted by Crippen LogP contribution is -2.37. The molecule has 1 unspecified atom stereocenters. The van der Waals surface area contributed by atoms with Crippen LogP contribution in [0.2, 0.25) is 0 Å². The maximum absolute atomic E-state index is 11.7. The van der Waals surface area contributed by atoms with Crippen LogP contribution < -0.4 is 5.73 Å². The molecule has 5 nitrogen and oxygen atoms in total. The third kappa shape index (κ3) is 2.45. The lowest BCUT2D eigenvalue weighted by atomic mass is 10.2. The second kappa shape index (κ2) is 3.86. The van der Waals surface area contributed by atoms with Crippen molar-refractivity contribution in [1.82, 2.24) is 4.31 Å². The van der Waals surface area contributed by atoms with E-state index in [4.69, 9.17) is 11.1 Å². The molecule has 0 radical (unpaired) electrons. The molecule has 0 aromatic heterocycles. The molecule has 0 heterocycles. The van der Waals surface area contributed by atoms with Crippen LogP contribution >= 0.6 is 0 Å². The molecule has 0 bridgehead atoms. The summed E-state index contributed by atoms with van der Waals surface area (Å²) in [5.74, 6) is -0.184. The molecule has 1 aliphatic rings. The minimum atomic E-state index is -3.11. The van der Waals surface area contributed by atoms with Gasteiger partial charge >= 0.3 is 0 Å². The Labute approximate surface area is 84.8 Å². The van der Waals surface area contributed by atoms with E-state index in [2.05, 4.69) is 0 Å². The summed E-state index contributed by atoms with van der Waals surface area (Å²) < 4.78 is 24.6. The van der Waals surface area contributed by atoms with E-state index in [1.807, 2.05) is 0 Å². The van der Waals surface area contributed by atoms with Gasteiger partial charge in [-0.25, -0.2) is 12.7 Å². The van der Waals surface area contributed by atoms with Gasteiger partial charge in [-0.05, 0) is 12.8 Å². The van der Waals surface area contributed by atoms with E-state index in [-0.39, 0.29) is 17.0 Å². The zero-order valence-corrected chi connectivity index (χ0v) is 9.34. The number of nitrogens with zero attached hydrogens (tertiary/aromatic N) is 1. The van der Waals surface area contributed by atoms with E-state index >= 15 is 0 Å². The molecular weight excluding hydrogens is 202 g/mol. The Bertz CT molecular complexity index is 321. The van der Waals surface area contributed by atoms with Gasteiger partial charge in [-0.2, -0.15) is 0 Å². The summed E-state index contributed by atoms with van der Waals surface area (Å²) in [5, 5.41) is 6.99. The van der Waals surface area contributed by atoms with Gasteiger partial charge in [-0.15, -0.1) is 0 Å². The first-order valence-corrected chi connectivity index (χ1v) is 6.15. The van der Waals surface area contributed by atoms with Crippen LogP contribution in [0.25, 0.3) is 0 Å². The van der Waals surface area contributed by atoms with E-state index in [1.165, 1.54) is 4.31 Å². The quantitative estimate of drug-likeness (QED) is 0.503. The van der Waals surface area contributed by atoms with Gasteiger partial charge in [0.25, 0.3) is 0 Å². The zero-order chi connectivity index (χ0) is 10.9. The molecular formula is C8H17N3O2S. The third-order valence-electron chi connectivity index (χ3n) is 2.44. The summed E-state index contributed by atoms with van der Waals surface area (Å²) in [7, 11) is -1.56. The van der Waals surface area contributed by atoms with Crippen LogP contribution in [-0.2, 0) is 10.0 Å². The molecule has 3 N–H and O–H groups in total. The summed E-state index contributed by atoms with van der Waals surface area (Å²) in [6, 6.07) is 0. The number of nitrogens with one attached hydrogen (secondary N) is 1. The van der Waals surface area contributed by atoms with Crippen molar-refractivity contribution in [1.29, 1.82) is 5.41 Å². The van der Waals surface area contributed by atoms with Crippen molar-refractivity contribution in [3.8, 4) is 0 Å². The van der Waals surface area contributed by atoms with Crippen LogP contribution in [0.5, 0.6) is 0 Å². The number of nitrogens with two attached hydrogens (primary N) is 1. The average molecular weight is 219 g/mol. The number of amidine groups is 1. The molecule has 1 atom stereocenters.